The number of rotatable bonds is 7. The van der Waals surface area contributed by atoms with Crippen LogP contribution in [0.4, 0.5) is 11.4 Å². The molecule has 37 heavy (non-hydrogen) atoms. The van der Waals surface area contributed by atoms with Crippen molar-refractivity contribution in [2.45, 2.75) is 19.4 Å². The van der Waals surface area contributed by atoms with Crippen LogP contribution >= 0.6 is 0 Å². The number of Topliss-reactive ketones (excluding diaryl/α,β-unsaturated/α-hetero) is 1. The second-order valence-corrected chi connectivity index (χ2v) is 8.25. The number of benzene rings is 3. The molecule has 188 valence electrons. The van der Waals surface area contributed by atoms with Crippen LogP contribution in [0.1, 0.15) is 40.9 Å². The Morgan fingerprint density at radius 2 is 1.70 bits per heavy atom. The topological polar surface area (TPSA) is 147 Å². The first kappa shape index (κ1) is 25.1. The second kappa shape index (κ2) is 10.3. The maximum atomic E-state index is 13.3. The summed E-state index contributed by atoms with van der Waals surface area (Å²) in [6, 6.07) is 15.6. The van der Waals surface area contributed by atoms with Gasteiger partial charge in [-0.1, -0.05) is 37.3 Å². The molecule has 1 atom stereocenters. The van der Waals surface area contributed by atoms with Crippen molar-refractivity contribution in [3.8, 4) is 5.75 Å². The van der Waals surface area contributed by atoms with Crippen molar-refractivity contribution in [3.05, 3.63) is 105 Å². The Kier molecular flexibility index (Phi) is 7.01. The van der Waals surface area contributed by atoms with Crippen LogP contribution in [0.25, 0.3) is 5.76 Å². The number of non-ortho nitro benzene ring substituents is 1. The van der Waals surface area contributed by atoms with E-state index in [0.717, 1.165) is 11.0 Å². The number of hydrogen-bond acceptors (Lipinski definition) is 8. The van der Waals surface area contributed by atoms with E-state index in [1.165, 1.54) is 66.7 Å². The highest BCUT2D eigenvalue weighted by Crippen LogP contribution is 2.42. The smallest absolute Gasteiger partial charge is 0.338 e. The maximum Gasteiger partial charge on any atom is 0.338 e. The third-order valence-corrected chi connectivity index (χ3v) is 5.78. The van der Waals surface area contributed by atoms with Crippen molar-refractivity contribution < 1.29 is 34.3 Å². The van der Waals surface area contributed by atoms with Crippen LogP contribution in [-0.4, -0.2) is 39.4 Å². The Morgan fingerprint density at radius 1 is 1.03 bits per heavy atom. The SMILES string of the molecule is CCCOC(=O)c1cccc(N2C(=O)C(=O)/C(=C(\O)c3cccc([N+](=O)[O-])c3)C2c2ccc(O)cc2)c1. The average Bonchev–Trinajstić information content (AvgIpc) is 3.17. The molecule has 0 aliphatic carbocycles. The number of nitrogens with zero attached hydrogens (tertiary/aromatic N) is 2. The number of nitro benzene ring substituents is 1. The molecule has 10 heteroatoms. The Hall–Kier alpha value is -4.99. The number of phenolic OH excluding ortho intramolecular Hbond substituents is 1. The van der Waals surface area contributed by atoms with Gasteiger partial charge in [0.25, 0.3) is 17.4 Å². The summed E-state index contributed by atoms with van der Waals surface area (Å²) in [6.07, 6.45) is 0.624. The van der Waals surface area contributed by atoms with Gasteiger partial charge < -0.3 is 14.9 Å². The number of phenols is 1. The fourth-order valence-corrected chi connectivity index (χ4v) is 4.05. The van der Waals surface area contributed by atoms with E-state index in [-0.39, 0.29) is 40.4 Å². The predicted octanol–water partition coefficient (Wildman–Crippen LogP) is 4.49. The molecular formula is C27H22N2O8. The van der Waals surface area contributed by atoms with E-state index in [1.807, 2.05) is 6.92 Å². The number of anilines is 1. The van der Waals surface area contributed by atoms with E-state index < -0.39 is 34.4 Å². The molecule has 0 bridgehead atoms. The summed E-state index contributed by atoms with van der Waals surface area (Å²) in [5.41, 5.74) is 0.115. The van der Waals surface area contributed by atoms with Gasteiger partial charge in [0.05, 0.1) is 28.7 Å². The summed E-state index contributed by atoms with van der Waals surface area (Å²) in [7, 11) is 0. The Bertz CT molecular complexity index is 1430. The van der Waals surface area contributed by atoms with E-state index in [9.17, 15) is 34.7 Å². The molecule has 1 amide bonds. The van der Waals surface area contributed by atoms with Crippen LogP contribution in [0.2, 0.25) is 0 Å². The summed E-state index contributed by atoms with van der Waals surface area (Å²) >= 11 is 0. The molecule has 3 aromatic carbocycles. The van der Waals surface area contributed by atoms with Gasteiger partial charge in [-0.25, -0.2) is 4.79 Å². The molecule has 0 aromatic heterocycles. The van der Waals surface area contributed by atoms with Gasteiger partial charge in [0.15, 0.2) is 0 Å². The van der Waals surface area contributed by atoms with Gasteiger partial charge in [-0.2, -0.15) is 0 Å². The van der Waals surface area contributed by atoms with E-state index in [2.05, 4.69) is 0 Å². The monoisotopic (exact) mass is 502 g/mol. The van der Waals surface area contributed by atoms with Crippen LogP contribution in [0.15, 0.2) is 78.4 Å². The number of ketones is 1. The normalized spacial score (nSPS) is 16.6. The van der Waals surface area contributed by atoms with Gasteiger partial charge in [-0.3, -0.25) is 24.6 Å². The highest BCUT2D eigenvalue weighted by molar-refractivity contribution is 6.51. The van der Waals surface area contributed by atoms with Gasteiger partial charge in [0.2, 0.25) is 0 Å². The largest absolute Gasteiger partial charge is 0.508 e. The average molecular weight is 502 g/mol. The van der Waals surface area contributed by atoms with Gasteiger partial charge >= 0.3 is 5.97 Å². The van der Waals surface area contributed by atoms with Crippen LogP contribution in [0.3, 0.4) is 0 Å². The second-order valence-electron chi connectivity index (χ2n) is 8.25. The molecule has 0 spiro atoms. The summed E-state index contributed by atoms with van der Waals surface area (Å²) in [5, 5.41) is 32.1. The van der Waals surface area contributed by atoms with Crippen LogP contribution < -0.4 is 4.90 Å². The minimum atomic E-state index is -1.15. The highest BCUT2D eigenvalue weighted by atomic mass is 16.6. The Balaban J connectivity index is 1.89. The fourth-order valence-electron chi connectivity index (χ4n) is 4.05. The number of nitro groups is 1. The van der Waals surface area contributed by atoms with Crippen molar-refractivity contribution in [1.29, 1.82) is 0 Å². The number of carbonyl (C=O) groups excluding carboxylic acids is 3. The zero-order chi connectivity index (χ0) is 26.7. The van der Waals surface area contributed by atoms with Gasteiger partial charge in [-0.05, 0) is 42.3 Å². The third kappa shape index (κ3) is 4.90. The molecule has 1 saturated heterocycles. The number of amides is 1. The van der Waals surface area contributed by atoms with E-state index >= 15 is 0 Å². The number of carbonyl (C=O) groups is 3. The van der Waals surface area contributed by atoms with Crippen LogP contribution in [0, 0.1) is 10.1 Å². The third-order valence-electron chi connectivity index (χ3n) is 5.78. The minimum absolute atomic E-state index is 0.0205. The van der Waals surface area contributed by atoms with Gasteiger partial charge in [-0.15, -0.1) is 0 Å². The molecule has 10 nitrogen and oxygen atoms in total. The number of aromatic hydroxyl groups is 1. The fraction of sp³-hybridized carbons (Fsp3) is 0.148. The number of aliphatic hydroxyl groups excluding tert-OH is 1. The summed E-state index contributed by atoms with van der Waals surface area (Å²) in [5.74, 6) is -3.23. The zero-order valence-corrected chi connectivity index (χ0v) is 19.7. The molecular weight excluding hydrogens is 480 g/mol. The van der Waals surface area contributed by atoms with Crippen LogP contribution in [0.5, 0.6) is 5.75 Å². The maximum absolute atomic E-state index is 13.3. The Labute approximate surface area is 211 Å². The van der Waals surface area contributed by atoms with E-state index in [1.54, 1.807) is 0 Å². The molecule has 1 aliphatic rings. The first-order chi connectivity index (χ1) is 17.7. The number of ether oxygens (including phenoxy) is 1. The van der Waals surface area contributed by atoms with Crippen molar-refractivity contribution in [2.24, 2.45) is 0 Å². The van der Waals surface area contributed by atoms with Crippen molar-refractivity contribution in [2.75, 3.05) is 11.5 Å². The minimum Gasteiger partial charge on any atom is -0.508 e. The molecule has 0 saturated carbocycles. The molecule has 3 aromatic rings. The van der Waals surface area contributed by atoms with E-state index in [4.69, 9.17) is 4.74 Å². The molecule has 2 N–H and O–H groups in total. The molecule has 1 fully saturated rings. The molecule has 0 radical (unpaired) electrons. The summed E-state index contributed by atoms with van der Waals surface area (Å²) in [6.45, 7) is 2.06. The van der Waals surface area contributed by atoms with E-state index in [0.29, 0.717) is 12.0 Å². The summed E-state index contributed by atoms with van der Waals surface area (Å²) < 4.78 is 5.17. The summed E-state index contributed by atoms with van der Waals surface area (Å²) in [4.78, 5) is 50.7. The quantitative estimate of drug-likeness (QED) is 0.120. The number of esters is 1. The number of hydrogen-bond donors (Lipinski definition) is 2. The lowest BCUT2D eigenvalue weighted by atomic mass is 9.95. The van der Waals surface area contributed by atoms with Gasteiger partial charge in [0.1, 0.15) is 11.5 Å². The predicted molar refractivity (Wildman–Crippen MR) is 133 cm³/mol. The molecule has 1 unspecified atom stereocenters. The molecule has 4 rings (SSSR count). The van der Waals surface area contributed by atoms with Crippen molar-refractivity contribution in [1.82, 2.24) is 0 Å². The lowest BCUT2D eigenvalue weighted by Gasteiger charge is -2.25. The first-order valence-electron chi connectivity index (χ1n) is 11.3. The first-order valence-corrected chi connectivity index (χ1v) is 11.3. The van der Waals surface area contributed by atoms with Crippen molar-refractivity contribution >= 4 is 34.8 Å². The molecule has 1 heterocycles. The molecule has 1 aliphatic heterocycles. The standard InChI is InChI=1S/C27H22N2O8/c1-2-13-37-27(34)18-6-4-7-19(15-18)28-23(16-9-11-21(30)12-10-16)22(25(32)26(28)33)24(31)17-5-3-8-20(14-17)29(35)36/h3-12,14-15,23,30-31H,2,13H2,1H3/b24-22-. The zero-order valence-electron chi connectivity index (χ0n) is 19.7. The Morgan fingerprint density at radius 3 is 2.38 bits per heavy atom. The van der Waals surface area contributed by atoms with Gasteiger partial charge in [0, 0.05) is 23.4 Å². The lowest BCUT2D eigenvalue weighted by molar-refractivity contribution is -0.384. The van der Waals surface area contributed by atoms with Crippen molar-refractivity contribution in [3.63, 3.8) is 0 Å². The van der Waals surface area contributed by atoms with Crippen LogP contribution in [-0.2, 0) is 14.3 Å². The highest BCUT2D eigenvalue weighted by Gasteiger charge is 2.47. The lowest BCUT2D eigenvalue weighted by Crippen LogP contribution is -2.29. The number of aliphatic hydroxyl groups is 1.